The van der Waals surface area contributed by atoms with Crippen molar-refractivity contribution < 1.29 is 0 Å². The molecule has 1 aliphatic carbocycles. The van der Waals surface area contributed by atoms with Gasteiger partial charge in [0.25, 0.3) is 0 Å². The molecule has 2 heteroatoms. The van der Waals surface area contributed by atoms with Crippen LogP contribution in [0, 0.1) is 18.8 Å². The summed E-state index contributed by atoms with van der Waals surface area (Å²) in [5.41, 5.74) is 3.37. The maximum Gasteiger partial charge on any atom is 0.0936 e. The predicted octanol–water partition coefficient (Wildman–Crippen LogP) is 4.39. The van der Waals surface area contributed by atoms with Crippen molar-refractivity contribution in [2.24, 2.45) is 11.8 Å². The van der Waals surface area contributed by atoms with E-state index in [1.165, 1.54) is 23.9 Å². The zero-order valence-electron chi connectivity index (χ0n) is 12.0. The number of aryl methyl sites for hydroxylation is 1. The Bertz CT molecular complexity index is 583. The largest absolute Gasteiger partial charge is 0.381 e. The highest BCUT2D eigenvalue weighted by atomic mass is 15.0. The van der Waals surface area contributed by atoms with Gasteiger partial charge in [-0.2, -0.15) is 0 Å². The maximum atomic E-state index is 4.68. The van der Waals surface area contributed by atoms with Crippen LogP contribution < -0.4 is 5.32 Å². The van der Waals surface area contributed by atoms with Crippen LogP contribution >= 0.6 is 0 Å². The SMILES string of the molecule is Cc1ccc2cccc(NC3CC(C(C)C)C3)c2n1. The molecule has 1 N–H and O–H groups in total. The lowest BCUT2D eigenvalue weighted by Gasteiger charge is -2.39. The summed E-state index contributed by atoms with van der Waals surface area (Å²) in [6.07, 6.45) is 2.58. The molecule has 0 unspecified atom stereocenters. The van der Waals surface area contributed by atoms with Crippen molar-refractivity contribution in [3.8, 4) is 0 Å². The molecule has 2 nitrogen and oxygen atoms in total. The van der Waals surface area contributed by atoms with Crippen molar-refractivity contribution in [3.63, 3.8) is 0 Å². The van der Waals surface area contributed by atoms with E-state index in [1.807, 2.05) is 6.92 Å². The Balaban J connectivity index is 1.80. The molecule has 1 fully saturated rings. The van der Waals surface area contributed by atoms with Gasteiger partial charge in [0.2, 0.25) is 0 Å². The zero-order chi connectivity index (χ0) is 13.4. The molecule has 1 aromatic carbocycles. The molecule has 1 saturated carbocycles. The number of benzene rings is 1. The van der Waals surface area contributed by atoms with Crippen LogP contribution in [0.15, 0.2) is 30.3 Å². The molecule has 1 heterocycles. The molecule has 2 aromatic rings. The number of pyridine rings is 1. The Morgan fingerprint density at radius 1 is 1.16 bits per heavy atom. The van der Waals surface area contributed by atoms with E-state index in [-0.39, 0.29) is 0 Å². The van der Waals surface area contributed by atoms with Crippen LogP contribution in [-0.4, -0.2) is 11.0 Å². The van der Waals surface area contributed by atoms with Crippen molar-refractivity contribution in [2.45, 2.75) is 39.7 Å². The number of aromatic nitrogens is 1. The molecule has 0 aliphatic heterocycles. The topological polar surface area (TPSA) is 24.9 Å². The first-order valence-electron chi connectivity index (χ1n) is 7.26. The fourth-order valence-corrected chi connectivity index (χ4v) is 2.91. The van der Waals surface area contributed by atoms with E-state index in [1.54, 1.807) is 0 Å². The van der Waals surface area contributed by atoms with Gasteiger partial charge in [0.1, 0.15) is 0 Å². The predicted molar refractivity (Wildman–Crippen MR) is 81.5 cm³/mol. The molecule has 0 atom stereocenters. The minimum atomic E-state index is 0.625. The molecule has 0 spiro atoms. The van der Waals surface area contributed by atoms with E-state index in [0.717, 1.165) is 23.0 Å². The summed E-state index contributed by atoms with van der Waals surface area (Å²) in [7, 11) is 0. The molecule has 3 rings (SSSR count). The van der Waals surface area contributed by atoms with Crippen LogP contribution in [0.1, 0.15) is 32.4 Å². The van der Waals surface area contributed by atoms with Gasteiger partial charge in [-0.25, -0.2) is 0 Å². The quantitative estimate of drug-likeness (QED) is 0.878. The van der Waals surface area contributed by atoms with Crippen molar-refractivity contribution >= 4 is 16.6 Å². The Morgan fingerprint density at radius 2 is 1.95 bits per heavy atom. The van der Waals surface area contributed by atoms with Crippen LogP contribution in [0.3, 0.4) is 0 Å². The van der Waals surface area contributed by atoms with E-state index in [0.29, 0.717) is 6.04 Å². The van der Waals surface area contributed by atoms with Gasteiger partial charge in [0.15, 0.2) is 0 Å². The lowest BCUT2D eigenvalue weighted by Crippen LogP contribution is -2.37. The third kappa shape index (κ3) is 2.44. The lowest BCUT2D eigenvalue weighted by atomic mass is 9.73. The summed E-state index contributed by atoms with van der Waals surface area (Å²) in [5, 5.41) is 4.89. The summed E-state index contributed by atoms with van der Waals surface area (Å²) >= 11 is 0. The summed E-state index contributed by atoms with van der Waals surface area (Å²) in [6.45, 7) is 6.70. The number of para-hydroxylation sites is 1. The van der Waals surface area contributed by atoms with Gasteiger partial charge in [-0.3, -0.25) is 4.98 Å². The minimum absolute atomic E-state index is 0.625. The normalized spacial score (nSPS) is 22.5. The van der Waals surface area contributed by atoms with E-state index >= 15 is 0 Å². The maximum absolute atomic E-state index is 4.68. The Kier molecular flexibility index (Phi) is 3.17. The van der Waals surface area contributed by atoms with E-state index < -0.39 is 0 Å². The second-order valence-electron chi connectivity index (χ2n) is 6.15. The van der Waals surface area contributed by atoms with Gasteiger partial charge in [-0.15, -0.1) is 0 Å². The van der Waals surface area contributed by atoms with Crippen molar-refractivity contribution in [2.75, 3.05) is 5.32 Å². The van der Waals surface area contributed by atoms with E-state index in [9.17, 15) is 0 Å². The number of hydrogen-bond acceptors (Lipinski definition) is 2. The Labute approximate surface area is 115 Å². The first kappa shape index (κ1) is 12.5. The highest BCUT2D eigenvalue weighted by Crippen LogP contribution is 2.36. The molecule has 0 radical (unpaired) electrons. The molecular formula is C17H22N2. The van der Waals surface area contributed by atoms with E-state index in [4.69, 9.17) is 0 Å². The van der Waals surface area contributed by atoms with Crippen LogP contribution in [0.25, 0.3) is 10.9 Å². The number of rotatable bonds is 3. The average Bonchev–Trinajstić information content (AvgIpc) is 2.33. The lowest BCUT2D eigenvalue weighted by molar-refractivity contribution is 0.212. The summed E-state index contributed by atoms with van der Waals surface area (Å²) < 4.78 is 0. The van der Waals surface area contributed by atoms with E-state index in [2.05, 4.69) is 54.5 Å². The average molecular weight is 254 g/mol. The summed E-state index contributed by atoms with van der Waals surface area (Å²) in [4.78, 5) is 4.68. The fraction of sp³-hybridized carbons (Fsp3) is 0.471. The fourth-order valence-electron chi connectivity index (χ4n) is 2.91. The van der Waals surface area contributed by atoms with Crippen LogP contribution in [0.5, 0.6) is 0 Å². The van der Waals surface area contributed by atoms with Crippen LogP contribution in [-0.2, 0) is 0 Å². The number of anilines is 1. The summed E-state index contributed by atoms with van der Waals surface area (Å²) in [6, 6.07) is 11.2. The highest BCUT2D eigenvalue weighted by molar-refractivity contribution is 5.90. The van der Waals surface area contributed by atoms with Gasteiger partial charge in [-0.05, 0) is 43.7 Å². The molecule has 100 valence electrons. The van der Waals surface area contributed by atoms with Crippen LogP contribution in [0.4, 0.5) is 5.69 Å². The standard InChI is InChI=1S/C17H22N2/c1-11(2)14-9-15(10-14)19-16-6-4-5-13-8-7-12(3)18-17(13)16/h4-8,11,14-15,19H,9-10H2,1-3H3. The third-order valence-electron chi connectivity index (χ3n) is 4.34. The van der Waals surface area contributed by atoms with Gasteiger partial charge in [0.05, 0.1) is 11.2 Å². The third-order valence-corrected chi connectivity index (χ3v) is 4.34. The monoisotopic (exact) mass is 254 g/mol. The molecule has 1 aliphatic rings. The number of nitrogens with zero attached hydrogens (tertiary/aromatic N) is 1. The Morgan fingerprint density at radius 3 is 2.68 bits per heavy atom. The summed E-state index contributed by atoms with van der Waals surface area (Å²) in [5.74, 6) is 1.70. The smallest absolute Gasteiger partial charge is 0.0936 e. The van der Waals surface area contributed by atoms with Gasteiger partial charge < -0.3 is 5.32 Å². The van der Waals surface area contributed by atoms with Crippen LogP contribution in [0.2, 0.25) is 0 Å². The first-order chi connectivity index (χ1) is 9.13. The molecule has 0 saturated heterocycles. The minimum Gasteiger partial charge on any atom is -0.381 e. The molecule has 1 aromatic heterocycles. The Hall–Kier alpha value is -1.57. The van der Waals surface area contributed by atoms with Crippen molar-refractivity contribution in [1.29, 1.82) is 0 Å². The molecule has 0 amide bonds. The van der Waals surface area contributed by atoms with Gasteiger partial charge in [0, 0.05) is 17.1 Å². The molecule has 0 bridgehead atoms. The zero-order valence-corrected chi connectivity index (χ0v) is 12.0. The highest BCUT2D eigenvalue weighted by Gasteiger charge is 2.31. The number of nitrogens with one attached hydrogen (secondary N) is 1. The number of hydrogen-bond donors (Lipinski definition) is 1. The first-order valence-corrected chi connectivity index (χ1v) is 7.26. The number of fused-ring (bicyclic) bond motifs is 1. The van der Waals surface area contributed by atoms with Gasteiger partial charge >= 0.3 is 0 Å². The second kappa shape index (κ2) is 4.84. The molecular weight excluding hydrogens is 232 g/mol. The second-order valence-corrected chi connectivity index (χ2v) is 6.15. The van der Waals surface area contributed by atoms with Crippen molar-refractivity contribution in [1.82, 2.24) is 4.98 Å². The van der Waals surface area contributed by atoms with Gasteiger partial charge in [-0.1, -0.05) is 32.0 Å². The van der Waals surface area contributed by atoms with Crippen molar-refractivity contribution in [3.05, 3.63) is 36.0 Å². The molecule has 19 heavy (non-hydrogen) atoms.